The highest BCUT2D eigenvalue weighted by molar-refractivity contribution is 6.12. The molecule has 10 heteroatoms. The molecule has 2 rings (SSSR count). The van der Waals surface area contributed by atoms with E-state index in [0.29, 0.717) is 23.1 Å². The molecule has 0 unspecified atom stereocenters. The van der Waals surface area contributed by atoms with E-state index in [1.165, 1.54) is 31.5 Å². The van der Waals surface area contributed by atoms with Crippen LogP contribution >= 0.6 is 0 Å². The third-order valence-corrected chi connectivity index (χ3v) is 3.92. The standard InChI is InChI=1S/C20H20F4N4O2/c1-27-17(6-7-25)15-11-13(3-5-18(15)30-9-8-26)28-19(29)14-4-2-12(10-16(14)21)20(22,23)24/h2-7,10-11H,8-9,25-26H2,1H3,(H,28,29). The summed E-state index contributed by atoms with van der Waals surface area (Å²) >= 11 is 0. The van der Waals surface area contributed by atoms with Gasteiger partial charge in [0.05, 0.1) is 16.8 Å². The molecule has 5 N–H and O–H groups in total. The highest BCUT2D eigenvalue weighted by Crippen LogP contribution is 2.30. The number of rotatable bonds is 7. The number of alkyl halides is 3. The minimum absolute atomic E-state index is 0.235. The minimum Gasteiger partial charge on any atom is -0.492 e. The van der Waals surface area contributed by atoms with Gasteiger partial charge in [0, 0.05) is 24.8 Å². The summed E-state index contributed by atoms with van der Waals surface area (Å²) in [6, 6.07) is 6.27. The minimum atomic E-state index is -4.71. The van der Waals surface area contributed by atoms with Gasteiger partial charge in [-0.05, 0) is 48.7 Å². The van der Waals surface area contributed by atoms with Crippen LogP contribution in [0.2, 0.25) is 0 Å². The Kier molecular flexibility index (Phi) is 7.54. The van der Waals surface area contributed by atoms with Gasteiger partial charge in [-0.2, -0.15) is 13.2 Å². The third kappa shape index (κ3) is 5.57. The zero-order chi connectivity index (χ0) is 22.3. The van der Waals surface area contributed by atoms with Crippen molar-refractivity contribution in [2.24, 2.45) is 16.5 Å². The van der Waals surface area contributed by atoms with E-state index < -0.39 is 29.0 Å². The highest BCUT2D eigenvalue weighted by atomic mass is 19.4. The second kappa shape index (κ2) is 9.88. The van der Waals surface area contributed by atoms with Gasteiger partial charge in [-0.25, -0.2) is 4.39 Å². The van der Waals surface area contributed by atoms with Crippen molar-refractivity contribution in [1.29, 1.82) is 0 Å². The monoisotopic (exact) mass is 424 g/mol. The largest absolute Gasteiger partial charge is 0.492 e. The number of aliphatic imine (C=N–C) groups is 1. The summed E-state index contributed by atoms with van der Waals surface area (Å²) in [5.41, 5.74) is 10.4. The number of benzene rings is 2. The Morgan fingerprint density at radius 3 is 2.50 bits per heavy atom. The van der Waals surface area contributed by atoms with E-state index in [1.807, 2.05) is 0 Å². The summed E-state index contributed by atoms with van der Waals surface area (Å²) in [7, 11) is 1.53. The van der Waals surface area contributed by atoms with Crippen LogP contribution in [0.1, 0.15) is 21.5 Å². The second-order valence-corrected chi connectivity index (χ2v) is 5.96. The zero-order valence-corrected chi connectivity index (χ0v) is 16.0. The molecule has 0 atom stereocenters. The number of nitrogens with two attached hydrogens (primary N) is 2. The molecule has 6 nitrogen and oxygen atoms in total. The summed E-state index contributed by atoms with van der Waals surface area (Å²) < 4.78 is 57.7. The Bertz CT molecular complexity index is 972. The molecule has 160 valence electrons. The molecule has 0 aliphatic heterocycles. The molecule has 1 amide bonds. The predicted molar refractivity (Wildman–Crippen MR) is 106 cm³/mol. The van der Waals surface area contributed by atoms with Crippen molar-refractivity contribution in [3.63, 3.8) is 0 Å². The average molecular weight is 424 g/mol. The molecule has 0 fully saturated rings. The van der Waals surface area contributed by atoms with E-state index in [4.69, 9.17) is 16.2 Å². The molecule has 0 spiro atoms. The predicted octanol–water partition coefficient (Wildman–Crippen LogP) is 3.33. The number of nitrogens with one attached hydrogen (secondary N) is 1. The fourth-order valence-electron chi connectivity index (χ4n) is 2.55. The number of amides is 1. The molecule has 0 saturated carbocycles. The smallest absolute Gasteiger partial charge is 0.416 e. The van der Waals surface area contributed by atoms with Crippen LogP contribution in [0.4, 0.5) is 23.2 Å². The Labute approximate surface area is 170 Å². The summed E-state index contributed by atoms with van der Waals surface area (Å²) in [6.07, 6.45) is -1.92. The number of hydrogen-bond donors (Lipinski definition) is 3. The lowest BCUT2D eigenvalue weighted by molar-refractivity contribution is -0.137. The molecule has 30 heavy (non-hydrogen) atoms. The first-order valence-corrected chi connectivity index (χ1v) is 8.71. The Balaban J connectivity index is 2.35. The molecular formula is C20H20F4N4O2. The molecular weight excluding hydrogens is 404 g/mol. The van der Waals surface area contributed by atoms with E-state index >= 15 is 0 Å². The van der Waals surface area contributed by atoms with E-state index in [2.05, 4.69) is 10.3 Å². The van der Waals surface area contributed by atoms with Gasteiger partial charge in [0.2, 0.25) is 0 Å². The fourth-order valence-corrected chi connectivity index (χ4v) is 2.55. The molecule has 0 aromatic heterocycles. The first-order chi connectivity index (χ1) is 14.2. The van der Waals surface area contributed by atoms with Gasteiger partial charge in [-0.15, -0.1) is 0 Å². The number of carbonyl (C=O) groups excluding carboxylic acids is 1. The quantitative estimate of drug-likeness (QED) is 0.469. The topological polar surface area (TPSA) is 103 Å². The van der Waals surface area contributed by atoms with Crippen molar-refractivity contribution in [3.8, 4) is 5.75 Å². The normalized spacial score (nSPS) is 12.3. The van der Waals surface area contributed by atoms with Crippen molar-refractivity contribution >= 4 is 17.3 Å². The van der Waals surface area contributed by atoms with Crippen LogP contribution < -0.4 is 21.5 Å². The van der Waals surface area contributed by atoms with Gasteiger partial charge in [-0.3, -0.25) is 9.79 Å². The molecule has 2 aromatic rings. The van der Waals surface area contributed by atoms with Crippen molar-refractivity contribution < 1.29 is 27.1 Å². The third-order valence-electron chi connectivity index (χ3n) is 3.92. The van der Waals surface area contributed by atoms with Crippen LogP contribution in [-0.2, 0) is 6.18 Å². The lowest BCUT2D eigenvalue weighted by Crippen LogP contribution is -2.16. The lowest BCUT2D eigenvalue weighted by Gasteiger charge is -2.14. The number of carbonyl (C=O) groups is 1. The van der Waals surface area contributed by atoms with Gasteiger partial charge in [0.25, 0.3) is 5.91 Å². The van der Waals surface area contributed by atoms with Crippen molar-refractivity contribution in [2.45, 2.75) is 6.18 Å². The molecule has 0 heterocycles. The van der Waals surface area contributed by atoms with Crippen LogP contribution in [0, 0.1) is 5.82 Å². The van der Waals surface area contributed by atoms with Crippen LogP contribution in [0.15, 0.2) is 53.7 Å². The first kappa shape index (κ1) is 22.9. The maximum atomic E-state index is 14.1. The van der Waals surface area contributed by atoms with Crippen LogP contribution in [0.3, 0.4) is 0 Å². The highest BCUT2D eigenvalue weighted by Gasteiger charge is 2.31. The molecule has 0 aliphatic carbocycles. The Morgan fingerprint density at radius 2 is 1.93 bits per heavy atom. The van der Waals surface area contributed by atoms with Crippen molar-refractivity contribution in [1.82, 2.24) is 0 Å². The van der Waals surface area contributed by atoms with E-state index in [-0.39, 0.29) is 24.9 Å². The van der Waals surface area contributed by atoms with Gasteiger partial charge in [-0.1, -0.05) is 0 Å². The molecule has 0 bridgehead atoms. The van der Waals surface area contributed by atoms with Gasteiger partial charge in [0.15, 0.2) is 0 Å². The second-order valence-electron chi connectivity index (χ2n) is 5.96. The van der Waals surface area contributed by atoms with E-state index in [1.54, 1.807) is 6.07 Å². The van der Waals surface area contributed by atoms with Crippen LogP contribution in [0.25, 0.3) is 0 Å². The molecule has 2 aromatic carbocycles. The molecule has 0 radical (unpaired) electrons. The maximum absolute atomic E-state index is 14.1. The molecule has 0 aliphatic rings. The number of nitrogens with zero attached hydrogens (tertiary/aromatic N) is 1. The van der Waals surface area contributed by atoms with Crippen LogP contribution in [-0.4, -0.2) is 31.8 Å². The SMILES string of the molecule is CN=C(C=CN)c1cc(NC(=O)c2ccc(C(F)(F)F)cc2F)ccc1OCCN. The first-order valence-electron chi connectivity index (χ1n) is 8.71. The number of allylic oxidation sites excluding steroid dienone is 1. The maximum Gasteiger partial charge on any atom is 0.416 e. The van der Waals surface area contributed by atoms with Crippen molar-refractivity contribution in [3.05, 3.63) is 71.2 Å². The number of halogens is 4. The zero-order valence-electron chi connectivity index (χ0n) is 16.0. The lowest BCUT2D eigenvalue weighted by atomic mass is 10.1. The number of hydrogen-bond acceptors (Lipinski definition) is 5. The van der Waals surface area contributed by atoms with Gasteiger partial charge < -0.3 is 21.5 Å². The Morgan fingerprint density at radius 1 is 1.20 bits per heavy atom. The van der Waals surface area contributed by atoms with Gasteiger partial charge >= 0.3 is 6.18 Å². The fraction of sp³-hybridized carbons (Fsp3) is 0.200. The average Bonchev–Trinajstić information content (AvgIpc) is 2.70. The van der Waals surface area contributed by atoms with E-state index in [0.717, 1.165) is 6.07 Å². The summed E-state index contributed by atoms with van der Waals surface area (Å²) in [5.74, 6) is -1.77. The van der Waals surface area contributed by atoms with E-state index in [9.17, 15) is 22.4 Å². The van der Waals surface area contributed by atoms with Crippen LogP contribution in [0.5, 0.6) is 5.75 Å². The number of ether oxygens (including phenoxy) is 1. The van der Waals surface area contributed by atoms with Gasteiger partial charge in [0.1, 0.15) is 18.2 Å². The summed E-state index contributed by atoms with van der Waals surface area (Å²) in [4.78, 5) is 16.5. The van der Waals surface area contributed by atoms with Crippen molar-refractivity contribution in [2.75, 3.05) is 25.5 Å². The summed E-state index contributed by atoms with van der Waals surface area (Å²) in [6.45, 7) is 0.509. The molecule has 0 saturated heterocycles. The number of anilines is 1. The Hall–Kier alpha value is -3.40. The summed E-state index contributed by atoms with van der Waals surface area (Å²) in [5, 5.41) is 2.45.